The fraction of sp³-hybridized carbons (Fsp3) is 0.333. The van der Waals surface area contributed by atoms with Crippen molar-refractivity contribution >= 4 is 11.1 Å². The predicted molar refractivity (Wildman–Crippen MR) is 48.8 cm³/mol. The first kappa shape index (κ1) is 11.3. The van der Waals surface area contributed by atoms with E-state index in [4.69, 9.17) is 0 Å². The lowest BCUT2D eigenvalue weighted by Gasteiger charge is -2.19. The summed E-state index contributed by atoms with van der Waals surface area (Å²) in [6.45, 7) is 2.92. The van der Waals surface area contributed by atoms with Crippen molar-refractivity contribution in [3.63, 3.8) is 0 Å². The van der Waals surface area contributed by atoms with Gasteiger partial charge in [0.1, 0.15) is 5.82 Å². The van der Waals surface area contributed by atoms with Crippen LogP contribution in [-0.2, 0) is 16.7 Å². The molecule has 3 nitrogen and oxygen atoms in total. The fourth-order valence-electron chi connectivity index (χ4n) is 1.01. The Morgan fingerprint density at radius 2 is 2.00 bits per heavy atom. The van der Waals surface area contributed by atoms with E-state index < -0.39 is 22.5 Å². The van der Waals surface area contributed by atoms with E-state index in [9.17, 15) is 18.3 Å². The van der Waals surface area contributed by atoms with Gasteiger partial charge < -0.3 is 9.66 Å². The summed E-state index contributed by atoms with van der Waals surface area (Å²) in [4.78, 5) is -0.165. The maximum atomic E-state index is 12.9. The Kier molecular flexibility index (Phi) is 3.04. The highest BCUT2D eigenvalue weighted by Crippen LogP contribution is 2.22. The predicted octanol–water partition coefficient (Wildman–Crippen LogP) is 1.29. The van der Waals surface area contributed by atoms with Gasteiger partial charge in [-0.05, 0) is 48.7 Å². The van der Waals surface area contributed by atoms with Crippen LogP contribution in [0.2, 0.25) is 0 Å². The molecule has 0 aliphatic rings. The Bertz CT molecular complexity index is 371. The normalized spacial score (nSPS) is 14.1. The van der Waals surface area contributed by atoms with E-state index in [2.05, 4.69) is 0 Å². The number of aliphatic hydroxyl groups is 1. The largest absolute Gasteiger partial charge is 0.768 e. The van der Waals surface area contributed by atoms with Crippen molar-refractivity contribution < 1.29 is 18.3 Å². The molecule has 1 rings (SSSR count). The Morgan fingerprint density at radius 3 is 2.43 bits per heavy atom. The van der Waals surface area contributed by atoms with Crippen LogP contribution in [-0.4, -0.2) is 13.9 Å². The van der Waals surface area contributed by atoms with E-state index >= 15 is 0 Å². The lowest BCUT2D eigenvalue weighted by atomic mass is 9.99. The molecule has 1 aromatic rings. The second-order valence-electron chi connectivity index (χ2n) is 3.47. The molecule has 0 bridgehead atoms. The molecule has 0 saturated carbocycles. The topological polar surface area (TPSA) is 60.4 Å². The Morgan fingerprint density at radius 1 is 1.43 bits per heavy atom. The molecule has 0 aromatic heterocycles. The summed E-state index contributed by atoms with van der Waals surface area (Å²) in [6.07, 6.45) is 0. The van der Waals surface area contributed by atoms with Crippen molar-refractivity contribution in [1.82, 2.24) is 0 Å². The van der Waals surface area contributed by atoms with Crippen molar-refractivity contribution in [3.8, 4) is 0 Å². The van der Waals surface area contributed by atoms with Crippen LogP contribution in [0.3, 0.4) is 0 Å². The first-order valence-corrected chi connectivity index (χ1v) is 5.01. The molecule has 1 N–H and O–H groups in total. The summed E-state index contributed by atoms with van der Waals surface area (Å²) in [7, 11) is 0. The smallest absolute Gasteiger partial charge is 0.124 e. The molecule has 5 heteroatoms. The molecule has 78 valence electrons. The van der Waals surface area contributed by atoms with Gasteiger partial charge in [0.25, 0.3) is 0 Å². The van der Waals surface area contributed by atoms with E-state index in [1.807, 2.05) is 0 Å². The van der Waals surface area contributed by atoms with E-state index in [1.165, 1.54) is 19.9 Å². The van der Waals surface area contributed by atoms with Crippen LogP contribution in [0, 0.1) is 5.82 Å². The van der Waals surface area contributed by atoms with Gasteiger partial charge in [-0.1, -0.05) is 0 Å². The van der Waals surface area contributed by atoms with Gasteiger partial charge in [0.15, 0.2) is 0 Å². The Balaban J connectivity index is 3.28. The molecular formula is C9H10FO3S-. The van der Waals surface area contributed by atoms with Crippen LogP contribution in [0.1, 0.15) is 19.4 Å². The van der Waals surface area contributed by atoms with Gasteiger partial charge in [0.2, 0.25) is 0 Å². The van der Waals surface area contributed by atoms with E-state index in [1.54, 1.807) is 0 Å². The maximum Gasteiger partial charge on any atom is 0.124 e. The lowest BCUT2D eigenvalue weighted by molar-refractivity contribution is 0.0780. The molecule has 0 saturated heterocycles. The zero-order chi connectivity index (χ0) is 10.9. The molecule has 0 spiro atoms. The lowest BCUT2D eigenvalue weighted by Crippen LogP contribution is -2.16. The second kappa shape index (κ2) is 3.76. The average molecular weight is 217 g/mol. The third-order valence-electron chi connectivity index (χ3n) is 1.77. The maximum absolute atomic E-state index is 12.9. The highest BCUT2D eigenvalue weighted by Gasteiger charge is 2.17. The Hall–Kier alpha value is -0.780. The molecule has 1 atom stereocenters. The van der Waals surface area contributed by atoms with Crippen LogP contribution in [0.4, 0.5) is 4.39 Å². The zero-order valence-electron chi connectivity index (χ0n) is 7.78. The highest BCUT2D eigenvalue weighted by molar-refractivity contribution is 7.79. The third-order valence-corrected chi connectivity index (χ3v) is 2.39. The van der Waals surface area contributed by atoms with E-state index in [0.29, 0.717) is 0 Å². The molecule has 0 heterocycles. The molecule has 1 aromatic carbocycles. The monoisotopic (exact) mass is 217 g/mol. The van der Waals surface area contributed by atoms with E-state index in [0.717, 1.165) is 12.1 Å². The summed E-state index contributed by atoms with van der Waals surface area (Å²) < 4.78 is 34.1. The fourth-order valence-corrected chi connectivity index (χ4v) is 1.44. The number of halogens is 1. The van der Waals surface area contributed by atoms with E-state index in [-0.39, 0.29) is 10.5 Å². The minimum absolute atomic E-state index is 0.165. The van der Waals surface area contributed by atoms with Gasteiger partial charge in [0, 0.05) is 4.90 Å². The van der Waals surface area contributed by atoms with Crippen LogP contribution < -0.4 is 0 Å². The van der Waals surface area contributed by atoms with Crippen LogP contribution in [0.5, 0.6) is 0 Å². The van der Waals surface area contributed by atoms with Crippen molar-refractivity contribution in [2.45, 2.75) is 24.3 Å². The number of hydrogen-bond donors (Lipinski definition) is 1. The average Bonchev–Trinajstić information content (AvgIpc) is 2.01. The minimum atomic E-state index is -2.49. The Labute approximate surface area is 83.9 Å². The van der Waals surface area contributed by atoms with Gasteiger partial charge in [-0.25, -0.2) is 4.39 Å². The standard InChI is InChI=1S/C9H11FO3S/c1-9(2,11)6-3-7(10)5-8(4-6)14(12)13/h3-5,11H,1-2H3,(H,12,13)/p-1. The molecule has 0 fully saturated rings. The first-order chi connectivity index (χ1) is 6.30. The van der Waals surface area contributed by atoms with Gasteiger partial charge in [-0.15, -0.1) is 0 Å². The quantitative estimate of drug-likeness (QED) is 0.759. The summed E-state index contributed by atoms with van der Waals surface area (Å²) in [5, 5.41) is 9.55. The zero-order valence-corrected chi connectivity index (χ0v) is 8.60. The van der Waals surface area contributed by atoms with Crippen molar-refractivity contribution in [2.75, 3.05) is 0 Å². The third kappa shape index (κ3) is 2.60. The number of hydrogen-bond acceptors (Lipinski definition) is 3. The summed E-state index contributed by atoms with van der Waals surface area (Å²) in [5.74, 6) is -0.677. The molecule has 1 unspecified atom stereocenters. The number of benzene rings is 1. The van der Waals surface area contributed by atoms with Crippen molar-refractivity contribution in [2.24, 2.45) is 0 Å². The van der Waals surface area contributed by atoms with Gasteiger partial charge in [0.05, 0.1) is 5.60 Å². The number of rotatable bonds is 2. The van der Waals surface area contributed by atoms with Gasteiger partial charge in [-0.2, -0.15) is 0 Å². The first-order valence-electron chi connectivity index (χ1n) is 3.93. The molecule has 14 heavy (non-hydrogen) atoms. The van der Waals surface area contributed by atoms with Crippen LogP contribution >= 0.6 is 0 Å². The molecule has 0 aliphatic heterocycles. The van der Waals surface area contributed by atoms with Crippen LogP contribution in [0.15, 0.2) is 23.1 Å². The van der Waals surface area contributed by atoms with Gasteiger partial charge in [-0.3, -0.25) is 4.21 Å². The highest BCUT2D eigenvalue weighted by atomic mass is 32.2. The van der Waals surface area contributed by atoms with Gasteiger partial charge >= 0.3 is 0 Å². The SMILES string of the molecule is CC(C)(O)c1cc(F)cc(S(=O)[O-])c1. The molecular weight excluding hydrogens is 207 g/mol. The van der Waals surface area contributed by atoms with Crippen molar-refractivity contribution in [3.05, 3.63) is 29.6 Å². The summed E-state index contributed by atoms with van der Waals surface area (Å²) in [6, 6.07) is 3.25. The molecule has 0 radical (unpaired) electrons. The molecule has 0 aliphatic carbocycles. The minimum Gasteiger partial charge on any atom is -0.768 e. The van der Waals surface area contributed by atoms with Crippen LogP contribution in [0.25, 0.3) is 0 Å². The summed E-state index contributed by atoms with van der Waals surface area (Å²) in [5.41, 5.74) is -1.02. The summed E-state index contributed by atoms with van der Waals surface area (Å²) >= 11 is -2.49. The second-order valence-corrected chi connectivity index (χ2v) is 4.41. The molecule has 0 amide bonds. The van der Waals surface area contributed by atoms with Crippen molar-refractivity contribution in [1.29, 1.82) is 0 Å².